The van der Waals surface area contributed by atoms with E-state index in [2.05, 4.69) is 119 Å². The van der Waals surface area contributed by atoms with Gasteiger partial charge in [-0.2, -0.15) is 0 Å². The molecule has 0 aromatic heterocycles. The molecule has 2 aliphatic rings. The average molecular weight is 626 g/mol. The zero-order chi connectivity index (χ0) is 26.4. The van der Waals surface area contributed by atoms with Crippen LogP contribution in [0.5, 0.6) is 0 Å². The molecule has 0 spiro atoms. The molecule has 0 saturated carbocycles. The summed E-state index contributed by atoms with van der Waals surface area (Å²) in [6, 6.07) is 24.8. The Morgan fingerprint density at radius 2 is 1.59 bits per heavy atom. The van der Waals surface area contributed by atoms with Gasteiger partial charge in [0.15, 0.2) is 0 Å². The number of benzene rings is 3. The topological polar surface area (TPSA) is 0 Å². The van der Waals surface area contributed by atoms with E-state index in [4.69, 9.17) is 17.0 Å². The fourth-order valence-electron chi connectivity index (χ4n) is 6.70. The molecule has 0 fully saturated rings. The number of hydrogen-bond acceptors (Lipinski definition) is 0. The van der Waals surface area contributed by atoms with Crippen molar-refractivity contribution in [3.8, 4) is 11.1 Å². The van der Waals surface area contributed by atoms with E-state index in [0.29, 0.717) is 5.92 Å². The van der Waals surface area contributed by atoms with E-state index in [0.717, 1.165) is 19.3 Å². The Kier molecular flexibility index (Phi) is 7.71. The van der Waals surface area contributed by atoms with Crippen LogP contribution in [-0.2, 0) is 15.6 Å². The Balaban J connectivity index is 1.68. The summed E-state index contributed by atoms with van der Waals surface area (Å²) in [7, 11) is 16.5. The number of hydrogen-bond donors (Lipinski definition) is 0. The first-order valence-electron chi connectivity index (χ1n) is 14.0. The minimum atomic E-state index is -4.50. The maximum atomic E-state index is 8.24. The van der Waals surface area contributed by atoms with E-state index >= 15 is 0 Å². The normalized spacial score (nSPS) is 20.3. The van der Waals surface area contributed by atoms with Crippen LogP contribution in [0.1, 0.15) is 81.0 Å². The summed E-state index contributed by atoms with van der Waals surface area (Å²) in [5, 5.41) is 0. The summed E-state index contributed by atoms with van der Waals surface area (Å²) in [6.07, 6.45) is 10.4. The third-order valence-corrected chi connectivity index (χ3v) is 61.1. The second-order valence-corrected chi connectivity index (χ2v) is 54.1. The third-order valence-electron chi connectivity index (χ3n) is 9.14. The molecule has 3 atom stereocenters. The number of rotatable bonds is 8. The SMILES string of the molecule is CCCC1=Cc2c(-c3ccc(C(C)CC)cc3)cccc2[CH]1[Zr]([Cl])([Cl])([CH]1C=Cc2ccccc21)[SiH](C)C. The summed E-state index contributed by atoms with van der Waals surface area (Å²) in [6.45, 7) is 11.7. The molecule has 4 heteroatoms. The van der Waals surface area contributed by atoms with Crippen molar-refractivity contribution in [1.82, 2.24) is 0 Å². The van der Waals surface area contributed by atoms with Crippen molar-refractivity contribution in [3.63, 3.8) is 0 Å². The monoisotopic (exact) mass is 623 g/mol. The van der Waals surface area contributed by atoms with Crippen LogP contribution in [0.4, 0.5) is 0 Å². The van der Waals surface area contributed by atoms with Gasteiger partial charge in [0.25, 0.3) is 0 Å². The zero-order valence-electron chi connectivity index (χ0n) is 22.8. The van der Waals surface area contributed by atoms with E-state index in [1.807, 2.05) is 0 Å². The van der Waals surface area contributed by atoms with Gasteiger partial charge in [0.2, 0.25) is 0 Å². The van der Waals surface area contributed by atoms with Crippen LogP contribution < -0.4 is 0 Å². The molecule has 37 heavy (non-hydrogen) atoms. The van der Waals surface area contributed by atoms with Gasteiger partial charge < -0.3 is 0 Å². The second-order valence-electron chi connectivity index (χ2n) is 11.5. The van der Waals surface area contributed by atoms with Crippen LogP contribution >= 0.6 is 17.0 Å². The van der Waals surface area contributed by atoms with Crippen LogP contribution in [0.2, 0.25) is 13.1 Å². The van der Waals surface area contributed by atoms with Gasteiger partial charge in [0, 0.05) is 0 Å². The van der Waals surface area contributed by atoms with Gasteiger partial charge in [-0.15, -0.1) is 0 Å². The van der Waals surface area contributed by atoms with Crippen molar-refractivity contribution in [2.45, 2.75) is 66.3 Å². The molecular weight excluding hydrogens is 587 g/mol. The number of allylic oxidation sites excluding steroid dienone is 2. The van der Waals surface area contributed by atoms with E-state index < -0.39 is 21.5 Å². The van der Waals surface area contributed by atoms with Crippen molar-refractivity contribution in [2.24, 2.45) is 0 Å². The molecule has 5 rings (SSSR count). The predicted octanol–water partition coefficient (Wildman–Crippen LogP) is 10.9. The van der Waals surface area contributed by atoms with Crippen LogP contribution in [0.3, 0.4) is 0 Å². The van der Waals surface area contributed by atoms with Crippen LogP contribution in [0.15, 0.2) is 78.4 Å². The van der Waals surface area contributed by atoms with E-state index in [1.165, 1.54) is 44.5 Å². The Morgan fingerprint density at radius 3 is 2.27 bits per heavy atom. The second kappa shape index (κ2) is 10.4. The van der Waals surface area contributed by atoms with E-state index in [1.54, 1.807) is 0 Å². The molecule has 0 bridgehead atoms. The van der Waals surface area contributed by atoms with Crippen LogP contribution in [0.25, 0.3) is 23.3 Å². The fourth-order valence-corrected chi connectivity index (χ4v) is 36.2. The quantitative estimate of drug-likeness (QED) is 0.219. The minimum absolute atomic E-state index is 0.169. The molecule has 0 aliphatic heterocycles. The summed E-state index contributed by atoms with van der Waals surface area (Å²) in [4.78, 5) is 0. The Bertz CT molecular complexity index is 1370. The molecule has 0 nitrogen and oxygen atoms in total. The van der Waals surface area contributed by atoms with Crippen molar-refractivity contribution in [3.05, 3.63) is 106 Å². The van der Waals surface area contributed by atoms with Gasteiger partial charge in [-0.1, -0.05) is 0 Å². The van der Waals surface area contributed by atoms with Gasteiger partial charge in [-0.25, -0.2) is 0 Å². The summed E-state index contributed by atoms with van der Waals surface area (Å²) in [5.74, 6) is -0.886. The first kappa shape index (κ1) is 27.4. The molecule has 3 unspecified atom stereocenters. The Hall–Kier alpha value is -1.18. The van der Waals surface area contributed by atoms with Gasteiger partial charge in [0.05, 0.1) is 0 Å². The van der Waals surface area contributed by atoms with Crippen LogP contribution in [-0.4, -0.2) is 5.92 Å². The van der Waals surface area contributed by atoms with Gasteiger partial charge in [-0.05, 0) is 0 Å². The van der Waals surface area contributed by atoms with Crippen molar-refractivity contribution >= 4 is 35.1 Å². The van der Waals surface area contributed by atoms with E-state index in [-0.39, 0.29) is 7.25 Å². The van der Waals surface area contributed by atoms with Crippen LogP contribution in [0, 0.1) is 0 Å². The molecular formula is C33H39Cl2SiZr. The zero-order valence-corrected chi connectivity index (χ0v) is 27.9. The summed E-state index contributed by atoms with van der Waals surface area (Å²) < 4.78 is 0.342. The molecule has 0 radical (unpaired) electrons. The molecule has 193 valence electrons. The average Bonchev–Trinajstić information content (AvgIpc) is 3.51. The fraction of sp³-hybridized carbons (Fsp3) is 0.333. The number of halogens is 2. The Labute approximate surface area is 232 Å². The van der Waals surface area contributed by atoms with E-state index in [9.17, 15) is 0 Å². The molecule has 0 amide bonds. The molecule has 0 saturated heterocycles. The summed E-state index contributed by atoms with van der Waals surface area (Å²) in [5.41, 5.74) is 10.8. The Morgan fingerprint density at radius 1 is 0.892 bits per heavy atom. The van der Waals surface area contributed by atoms with Crippen molar-refractivity contribution in [2.75, 3.05) is 0 Å². The molecule has 3 aromatic rings. The molecule has 3 aromatic carbocycles. The standard InChI is InChI=1S/C22H25.C9H7.C2H7Si.2ClH.Zr/c1-4-7-17-14-20-8-6-9-21(22(20)15-17)19-12-10-18(11-13-19)16(3)5-2;1-2-5-9-7-3-6-8(9)4-1;1-3-2;;;/h6,8-16H,4-5,7H2,1-3H3;1-7H;3H,1-2H3;2*1H;/q;;;;;+2/p-2. The third kappa shape index (κ3) is 4.45. The predicted molar refractivity (Wildman–Crippen MR) is 165 cm³/mol. The molecule has 2 aliphatic carbocycles. The van der Waals surface area contributed by atoms with Crippen molar-refractivity contribution in [1.29, 1.82) is 0 Å². The molecule has 0 N–H and O–H groups in total. The first-order valence-corrected chi connectivity index (χ1v) is 30.3. The first-order chi connectivity index (χ1) is 17.7. The van der Waals surface area contributed by atoms with Gasteiger partial charge in [-0.3, -0.25) is 0 Å². The van der Waals surface area contributed by atoms with Crippen molar-refractivity contribution < 1.29 is 15.6 Å². The van der Waals surface area contributed by atoms with Gasteiger partial charge >= 0.3 is 234 Å². The maximum absolute atomic E-state index is 8.24. The van der Waals surface area contributed by atoms with Gasteiger partial charge in [0.1, 0.15) is 0 Å². The number of fused-ring (bicyclic) bond motifs is 2. The molecule has 0 heterocycles. The summed E-state index contributed by atoms with van der Waals surface area (Å²) >= 11 is -4.50.